The zero-order valence-corrected chi connectivity index (χ0v) is 14.1. The molecule has 1 aromatic rings. The van der Waals surface area contributed by atoms with Gasteiger partial charge in [-0.3, -0.25) is 0 Å². The summed E-state index contributed by atoms with van der Waals surface area (Å²) in [6.07, 6.45) is 3.33. The van der Waals surface area contributed by atoms with Crippen molar-refractivity contribution in [2.45, 2.75) is 30.3 Å². The molecule has 0 spiro atoms. The van der Waals surface area contributed by atoms with Crippen molar-refractivity contribution in [3.63, 3.8) is 0 Å². The average Bonchev–Trinajstić information content (AvgIpc) is 3.24. The van der Waals surface area contributed by atoms with E-state index in [2.05, 4.69) is 11.9 Å². The number of nitrogens with one attached hydrogen (secondary N) is 1. The van der Waals surface area contributed by atoms with E-state index in [-0.39, 0.29) is 22.5 Å². The molecule has 1 aliphatic carbocycles. The lowest BCUT2D eigenvalue weighted by Gasteiger charge is -2.22. The van der Waals surface area contributed by atoms with E-state index in [4.69, 9.17) is 23.2 Å². The number of benzene rings is 1. The lowest BCUT2D eigenvalue weighted by atomic mass is 10.2. The zero-order chi connectivity index (χ0) is 15.6. The number of halogens is 2. The predicted molar refractivity (Wildman–Crippen MR) is 86.3 cm³/mol. The second-order valence-electron chi connectivity index (χ2n) is 5.00. The van der Waals surface area contributed by atoms with Crippen LogP contribution in [-0.4, -0.2) is 32.4 Å². The SMILES string of the molecule is C=CCN(C1CC1)S(=O)(=O)c1cc(Cl)cc(CNC)c1Cl. The van der Waals surface area contributed by atoms with Crippen LogP contribution < -0.4 is 5.32 Å². The third-order valence-electron chi connectivity index (χ3n) is 3.30. The third-order valence-corrected chi connectivity index (χ3v) is 6.02. The van der Waals surface area contributed by atoms with Gasteiger partial charge in [0.1, 0.15) is 4.90 Å². The van der Waals surface area contributed by atoms with Crippen molar-refractivity contribution in [2.24, 2.45) is 0 Å². The Morgan fingerprint density at radius 3 is 2.62 bits per heavy atom. The first kappa shape index (κ1) is 16.8. The molecule has 1 fully saturated rings. The normalized spacial score (nSPS) is 15.4. The number of nitrogens with zero attached hydrogens (tertiary/aromatic N) is 1. The van der Waals surface area contributed by atoms with Gasteiger partial charge in [0, 0.05) is 24.2 Å². The Balaban J connectivity index is 2.50. The van der Waals surface area contributed by atoms with E-state index >= 15 is 0 Å². The van der Waals surface area contributed by atoms with Crippen LogP contribution in [0, 0.1) is 0 Å². The monoisotopic (exact) mass is 348 g/mol. The summed E-state index contributed by atoms with van der Waals surface area (Å²) < 4.78 is 27.1. The highest BCUT2D eigenvalue weighted by molar-refractivity contribution is 7.89. The van der Waals surface area contributed by atoms with Gasteiger partial charge in [-0.1, -0.05) is 29.3 Å². The molecule has 7 heteroatoms. The lowest BCUT2D eigenvalue weighted by Crippen LogP contribution is -2.33. The number of hydrogen-bond acceptors (Lipinski definition) is 3. The second kappa shape index (κ2) is 6.67. The van der Waals surface area contributed by atoms with Crippen LogP contribution in [0.1, 0.15) is 18.4 Å². The fourth-order valence-electron chi connectivity index (χ4n) is 2.18. The van der Waals surface area contributed by atoms with Crippen LogP contribution in [0.2, 0.25) is 10.0 Å². The zero-order valence-electron chi connectivity index (χ0n) is 11.8. The van der Waals surface area contributed by atoms with Gasteiger partial charge in [-0.15, -0.1) is 6.58 Å². The van der Waals surface area contributed by atoms with Gasteiger partial charge in [-0.2, -0.15) is 4.31 Å². The molecular weight excluding hydrogens is 331 g/mol. The summed E-state index contributed by atoms with van der Waals surface area (Å²) in [7, 11) is -1.91. The van der Waals surface area contributed by atoms with Crippen LogP contribution in [0.4, 0.5) is 0 Å². The van der Waals surface area contributed by atoms with E-state index in [9.17, 15) is 8.42 Å². The minimum Gasteiger partial charge on any atom is -0.316 e. The van der Waals surface area contributed by atoms with Gasteiger partial charge in [0.25, 0.3) is 0 Å². The molecule has 0 bridgehead atoms. The van der Waals surface area contributed by atoms with E-state index in [1.165, 1.54) is 10.4 Å². The van der Waals surface area contributed by atoms with Crippen LogP contribution in [0.3, 0.4) is 0 Å². The van der Waals surface area contributed by atoms with Crippen molar-refractivity contribution in [1.29, 1.82) is 0 Å². The summed E-state index contributed by atoms with van der Waals surface area (Å²) in [6, 6.07) is 3.13. The first-order valence-corrected chi connectivity index (χ1v) is 8.86. The van der Waals surface area contributed by atoms with Gasteiger partial charge in [0.05, 0.1) is 5.02 Å². The van der Waals surface area contributed by atoms with Gasteiger partial charge in [-0.05, 0) is 37.6 Å². The molecule has 0 unspecified atom stereocenters. The van der Waals surface area contributed by atoms with Gasteiger partial charge in [-0.25, -0.2) is 8.42 Å². The molecule has 1 N–H and O–H groups in total. The van der Waals surface area contributed by atoms with Crippen molar-refractivity contribution in [3.05, 3.63) is 40.4 Å². The van der Waals surface area contributed by atoms with Crippen LogP contribution >= 0.6 is 23.2 Å². The summed E-state index contributed by atoms with van der Waals surface area (Å²) in [5, 5.41) is 3.54. The maximum atomic E-state index is 12.8. The fraction of sp³-hybridized carbons (Fsp3) is 0.429. The number of rotatable bonds is 7. The molecule has 0 aromatic heterocycles. The van der Waals surface area contributed by atoms with Crippen LogP contribution in [0.25, 0.3) is 0 Å². The molecule has 116 valence electrons. The molecular formula is C14H18Cl2N2O2S. The second-order valence-corrected chi connectivity index (χ2v) is 7.68. The largest absolute Gasteiger partial charge is 0.316 e. The summed E-state index contributed by atoms with van der Waals surface area (Å²) >= 11 is 12.3. The van der Waals surface area contributed by atoms with Gasteiger partial charge in [0.15, 0.2) is 0 Å². The van der Waals surface area contributed by atoms with Crippen molar-refractivity contribution in [2.75, 3.05) is 13.6 Å². The quantitative estimate of drug-likeness (QED) is 0.770. The maximum Gasteiger partial charge on any atom is 0.245 e. The Morgan fingerprint density at radius 1 is 1.43 bits per heavy atom. The molecule has 1 aromatic carbocycles. The molecule has 0 radical (unpaired) electrons. The Kier molecular flexibility index (Phi) is 5.33. The van der Waals surface area contributed by atoms with E-state index in [1.807, 2.05) is 0 Å². The highest BCUT2D eigenvalue weighted by Crippen LogP contribution is 2.36. The van der Waals surface area contributed by atoms with E-state index in [1.54, 1.807) is 19.2 Å². The first-order chi connectivity index (χ1) is 9.91. The molecule has 4 nitrogen and oxygen atoms in total. The standard InChI is InChI=1S/C14H18Cl2N2O2S/c1-3-6-18(12-4-5-12)21(19,20)13-8-11(15)7-10(9-17-2)14(13)16/h3,7-8,12,17H,1,4-6,9H2,2H3. The van der Waals surface area contributed by atoms with Gasteiger partial charge in [0.2, 0.25) is 10.0 Å². The van der Waals surface area contributed by atoms with E-state index < -0.39 is 10.0 Å². The highest BCUT2D eigenvalue weighted by Gasteiger charge is 2.38. The van der Waals surface area contributed by atoms with Crippen molar-refractivity contribution < 1.29 is 8.42 Å². The van der Waals surface area contributed by atoms with Crippen molar-refractivity contribution in [1.82, 2.24) is 9.62 Å². The Morgan fingerprint density at radius 2 is 2.10 bits per heavy atom. The Hall–Kier alpha value is -0.590. The van der Waals surface area contributed by atoms with Crippen LogP contribution in [0.5, 0.6) is 0 Å². The molecule has 0 atom stereocenters. The molecule has 21 heavy (non-hydrogen) atoms. The highest BCUT2D eigenvalue weighted by atomic mass is 35.5. The van der Waals surface area contributed by atoms with Crippen molar-refractivity contribution >= 4 is 33.2 Å². The summed E-state index contributed by atoms with van der Waals surface area (Å²) in [5.74, 6) is 0. The molecule has 0 heterocycles. The molecule has 0 amide bonds. The topological polar surface area (TPSA) is 49.4 Å². The van der Waals surface area contributed by atoms with E-state index in [0.29, 0.717) is 17.1 Å². The van der Waals surface area contributed by atoms with E-state index in [0.717, 1.165) is 12.8 Å². The summed E-state index contributed by atoms with van der Waals surface area (Å²) in [6.45, 7) is 4.36. The van der Waals surface area contributed by atoms with Gasteiger partial charge < -0.3 is 5.32 Å². The summed E-state index contributed by atoms with van der Waals surface area (Å²) in [4.78, 5) is 0.0654. The number of sulfonamides is 1. The molecule has 0 aliphatic heterocycles. The Labute approximate surface area is 135 Å². The average molecular weight is 349 g/mol. The van der Waals surface area contributed by atoms with Crippen LogP contribution in [-0.2, 0) is 16.6 Å². The van der Waals surface area contributed by atoms with Crippen molar-refractivity contribution in [3.8, 4) is 0 Å². The van der Waals surface area contributed by atoms with Crippen LogP contribution in [0.15, 0.2) is 29.7 Å². The molecule has 0 saturated heterocycles. The lowest BCUT2D eigenvalue weighted by molar-refractivity contribution is 0.436. The predicted octanol–water partition coefficient (Wildman–Crippen LogP) is 3.05. The third kappa shape index (κ3) is 3.60. The number of hydrogen-bond donors (Lipinski definition) is 1. The first-order valence-electron chi connectivity index (χ1n) is 6.67. The molecule has 2 rings (SSSR count). The Bertz CT molecular complexity index is 643. The maximum absolute atomic E-state index is 12.8. The summed E-state index contributed by atoms with van der Waals surface area (Å²) in [5.41, 5.74) is 0.666. The molecule has 1 aliphatic rings. The fourth-order valence-corrected chi connectivity index (χ4v) is 4.75. The minimum absolute atomic E-state index is 0.0378. The van der Waals surface area contributed by atoms with Gasteiger partial charge >= 0.3 is 0 Å². The smallest absolute Gasteiger partial charge is 0.245 e. The minimum atomic E-state index is -3.68. The molecule has 1 saturated carbocycles.